The van der Waals surface area contributed by atoms with Gasteiger partial charge in [-0.05, 0) is 33.2 Å². The molecule has 0 rings (SSSR count). The zero-order chi connectivity index (χ0) is 8.62. The molecule has 0 amide bonds. The largest absolute Gasteiger partial charge is 0.390 e. The molecule has 0 unspecified atom stereocenters. The molecule has 2 heteroatoms. The summed E-state index contributed by atoms with van der Waals surface area (Å²) in [7, 11) is 0. The van der Waals surface area contributed by atoms with E-state index < -0.39 is 5.60 Å². The third kappa shape index (κ3) is 15.7. The monoisotopic (exact) mass is 147 g/mol. The van der Waals surface area contributed by atoms with E-state index in [1.165, 1.54) is 0 Å². The Morgan fingerprint density at radius 1 is 1.30 bits per heavy atom. The standard InChI is InChI=1S/C6H15NO.C2H6/c1-6(2,8)4-3-5-7;1-2/h8H,3-5,7H2,1-2H3;1-2H3. The Hall–Kier alpha value is -0.0800. The van der Waals surface area contributed by atoms with Crippen molar-refractivity contribution in [3.63, 3.8) is 0 Å². The molecule has 0 spiro atoms. The summed E-state index contributed by atoms with van der Waals surface area (Å²) in [5.74, 6) is 0. The van der Waals surface area contributed by atoms with E-state index >= 15 is 0 Å². The molecule has 10 heavy (non-hydrogen) atoms. The van der Waals surface area contributed by atoms with Gasteiger partial charge in [-0.2, -0.15) is 0 Å². The third-order valence-corrected chi connectivity index (χ3v) is 0.993. The smallest absolute Gasteiger partial charge is 0.0592 e. The summed E-state index contributed by atoms with van der Waals surface area (Å²) in [6.07, 6.45) is 1.70. The van der Waals surface area contributed by atoms with E-state index in [0.717, 1.165) is 12.8 Å². The molecule has 0 saturated heterocycles. The molecule has 64 valence electrons. The summed E-state index contributed by atoms with van der Waals surface area (Å²) in [6.45, 7) is 8.26. The highest BCUT2D eigenvalue weighted by atomic mass is 16.3. The van der Waals surface area contributed by atoms with Crippen LogP contribution in [-0.4, -0.2) is 17.3 Å². The Morgan fingerprint density at radius 2 is 1.70 bits per heavy atom. The van der Waals surface area contributed by atoms with Gasteiger partial charge in [0.15, 0.2) is 0 Å². The van der Waals surface area contributed by atoms with Crippen LogP contribution < -0.4 is 5.73 Å². The van der Waals surface area contributed by atoms with Crippen LogP contribution in [-0.2, 0) is 0 Å². The second-order valence-corrected chi connectivity index (χ2v) is 2.70. The van der Waals surface area contributed by atoms with Crippen LogP contribution in [0.5, 0.6) is 0 Å². The van der Waals surface area contributed by atoms with Crippen LogP contribution in [0.1, 0.15) is 40.5 Å². The van der Waals surface area contributed by atoms with Crippen LogP contribution in [0, 0.1) is 0 Å². The summed E-state index contributed by atoms with van der Waals surface area (Å²) in [5.41, 5.74) is 4.70. The van der Waals surface area contributed by atoms with Gasteiger partial charge in [0.2, 0.25) is 0 Å². The van der Waals surface area contributed by atoms with Crippen LogP contribution >= 0.6 is 0 Å². The molecule has 0 fully saturated rings. The molecule has 0 heterocycles. The SMILES string of the molecule is CC.CC(C)(O)CCCN. The molecule has 0 aliphatic carbocycles. The molecular formula is C8H21NO. The minimum Gasteiger partial charge on any atom is -0.390 e. The molecule has 0 aromatic heterocycles. The molecule has 0 aromatic carbocycles. The van der Waals surface area contributed by atoms with Gasteiger partial charge in [0, 0.05) is 0 Å². The van der Waals surface area contributed by atoms with Crippen LogP contribution in [0.15, 0.2) is 0 Å². The normalized spacial score (nSPS) is 10.2. The van der Waals surface area contributed by atoms with Crippen molar-refractivity contribution in [1.29, 1.82) is 0 Å². The van der Waals surface area contributed by atoms with Gasteiger partial charge < -0.3 is 10.8 Å². The highest BCUT2D eigenvalue weighted by Gasteiger charge is 2.09. The minimum atomic E-state index is -0.528. The second kappa shape index (κ2) is 7.03. The van der Waals surface area contributed by atoms with Crippen molar-refractivity contribution < 1.29 is 5.11 Å². The topological polar surface area (TPSA) is 46.2 Å². The Kier molecular flexibility index (Phi) is 8.85. The lowest BCUT2D eigenvalue weighted by Gasteiger charge is -2.15. The van der Waals surface area contributed by atoms with Crippen molar-refractivity contribution in [2.24, 2.45) is 5.73 Å². The number of hydrogen-bond donors (Lipinski definition) is 2. The van der Waals surface area contributed by atoms with Crippen molar-refractivity contribution in [3.05, 3.63) is 0 Å². The van der Waals surface area contributed by atoms with E-state index in [-0.39, 0.29) is 0 Å². The lowest BCUT2D eigenvalue weighted by atomic mass is 10.0. The summed E-state index contributed by atoms with van der Waals surface area (Å²) >= 11 is 0. The van der Waals surface area contributed by atoms with Crippen LogP contribution in [0.2, 0.25) is 0 Å². The maximum absolute atomic E-state index is 9.09. The Bertz CT molecular complexity index is 56.8. The molecular weight excluding hydrogens is 126 g/mol. The van der Waals surface area contributed by atoms with Gasteiger partial charge in [0.25, 0.3) is 0 Å². The first-order valence-electron chi connectivity index (χ1n) is 3.99. The second-order valence-electron chi connectivity index (χ2n) is 2.70. The Balaban J connectivity index is 0. The Morgan fingerprint density at radius 3 is 1.80 bits per heavy atom. The molecule has 0 radical (unpaired) electrons. The first kappa shape index (κ1) is 12.6. The third-order valence-electron chi connectivity index (χ3n) is 0.993. The van der Waals surface area contributed by atoms with Gasteiger partial charge in [0.05, 0.1) is 5.60 Å². The van der Waals surface area contributed by atoms with E-state index in [9.17, 15) is 0 Å². The zero-order valence-corrected chi connectivity index (χ0v) is 7.65. The van der Waals surface area contributed by atoms with E-state index in [0.29, 0.717) is 6.54 Å². The van der Waals surface area contributed by atoms with Crippen molar-refractivity contribution in [1.82, 2.24) is 0 Å². The molecule has 0 saturated carbocycles. The molecule has 0 bridgehead atoms. The fourth-order valence-corrected chi connectivity index (χ4v) is 0.535. The van der Waals surface area contributed by atoms with Crippen molar-refractivity contribution in [3.8, 4) is 0 Å². The Labute approximate surface area is 64.4 Å². The summed E-state index contributed by atoms with van der Waals surface area (Å²) in [5, 5.41) is 9.09. The van der Waals surface area contributed by atoms with Crippen LogP contribution in [0.3, 0.4) is 0 Å². The highest BCUT2D eigenvalue weighted by molar-refractivity contribution is 4.63. The van der Waals surface area contributed by atoms with Gasteiger partial charge in [-0.25, -0.2) is 0 Å². The quantitative estimate of drug-likeness (QED) is 0.636. The van der Waals surface area contributed by atoms with Gasteiger partial charge in [-0.1, -0.05) is 13.8 Å². The molecule has 0 atom stereocenters. The maximum Gasteiger partial charge on any atom is 0.0592 e. The van der Waals surface area contributed by atoms with Gasteiger partial charge in [-0.15, -0.1) is 0 Å². The molecule has 2 nitrogen and oxygen atoms in total. The van der Waals surface area contributed by atoms with Gasteiger partial charge in [-0.3, -0.25) is 0 Å². The number of rotatable bonds is 3. The van der Waals surface area contributed by atoms with Crippen molar-refractivity contribution >= 4 is 0 Å². The molecule has 3 N–H and O–H groups in total. The fourth-order valence-electron chi connectivity index (χ4n) is 0.535. The molecule has 0 aliphatic heterocycles. The minimum absolute atomic E-state index is 0.528. The molecule has 0 aliphatic rings. The first-order chi connectivity index (χ1) is 4.56. The van der Waals surface area contributed by atoms with Crippen molar-refractivity contribution in [2.75, 3.05) is 6.54 Å². The lowest BCUT2D eigenvalue weighted by Crippen LogP contribution is -2.19. The fraction of sp³-hybridized carbons (Fsp3) is 1.00. The average Bonchev–Trinajstić information content (AvgIpc) is 1.87. The van der Waals surface area contributed by atoms with Gasteiger partial charge >= 0.3 is 0 Å². The number of nitrogens with two attached hydrogens (primary N) is 1. The van der Waals surface area contributed by atoms with Crippen molar-refractivity contribution in [2.45, 2.75) is 46.1 Å². The number of aliphatic hydroxyl groups is 1. The summed E-state index contributed by atoms with van der Waals surface area (Å²) in [4.78, 5) is 0. The lowest BCUT2D eigenvalue weighted by molar-refractivity contribution is 0.0695. The summed E-state index contributed by atoms with van der Waals surface area (Å²) < 4.78 is 0. The average molecular weight is 147 g/mol. The number of hydrogen-bond acceptors (Lipinski definition) is 2. The van der Waals surface area contributed by atoms with E-state index in [2.05, 4.69) is 0 Å². The van der Waals surface area contributed by atoms with Gasteiger partial charge in [0.1, 0.15) is 0 Å². The first-order valence-corrected chi connectivity index (χ1v) is 3.99. The van der Waals surface area contributed by atoms with E-state index in [4.69, 9.17) is 10.8 Å². The van der Waals surface area contributed by atoms with E-state index in [1.54, 1.807) is 13.8 Å². The summed E-state index contributed by atoms with van der Waals surface area (Å²) in [6, 6.07) is 0. The van der Waals surface area contributed by atoms with Crippen LogP contribution in [0.4, 0.5) is 0 Å². The maximum atomic E-state index is 9.09. The highest BCUT2D eigenvalue weighted by Crippen LogP contribution is 2.08. The van der Waals surface area contributed by atoms with E-state index in [1.807, 2.05) is 13.8 Å². The predicted molar refractivity (Wildman–Crippen MR) is 45.9 cm³/mol. The zero-order valence-electron chi connectivity index (χ0n) is 7.65. The molecule has 0 aromatic rings. The predicted octanol–water partition coefficient (Wildman–Crippen LogP) is 1.52. The van der Waals surface area contributed by atoms with Crippen LogP contribution in [0.25, 0.3) is 0 Å².